The molecule has 3 aliphatic heterocycles. The Labute approximate surface area is 443 Å². The van der Waals surface area contributed by atoms with Crippen LogP contribution in [0.1, 0.15) is 92.2 Å². The van der Waals surface area contributed by atoms with Gasteiger partial charge in [-0.15, -0.1) is 0 Å². The minimum atomic E-state index is -0.442. The molecule has 76 heavy (non-hydrogen) atoms. The highest BCUT2D eigenvalue weighted by atomic mass is 79.9. The van der Waals surface area contributed by atoms with E-state index in [0.717, 1.165) is 60.4 Å². The van der Waals surface area contributed by atoms with E-state index in [4.69, 9.17) is 36.5 Å². The molecule has 0 radical (unpaired) electrons. The molecule has 0 aliphatic carbocycles. The van der Waals surface area contributed by atoms with E-state index < -0.39 is 7.12 Å². The Morgan fingerprint density at radius 2 is 1.18 bits per heavy atom. The van der Waals surface area contributed by atoms with Crippen molar-refractivity contribution in [2.24, 2.45) is 14.1 Å². The van der Waals surface area contributed by atoms with Gasteiger partial charge in [-0.1, -0.05) is 13.8 Å². The largest absolute Gasteiger partial charge is 0.534 e. The zero-order valence-corrected chi connectivity index (χ0v) is 44.9. The van der Waals surface area contributed by atoms with E-state index in [1.54, 1.807) is 55.7 Å². The highest BCUT2D eigenvalue weighted by molar-refractivity contribution is 9.10. The van der Waals surface area contributed by atoms with E-state index in [0.29, 0.717) is 79.7 Å². The predicted octanol–water partition coefficient (Wildman–Crippen LogP) is 8.53. The Hall–Kier alpha value is -7.12. The Morgan fingerprint density at radius 1 is 0.671 bits per heavy atom. The van der Waals surface area contributed by atoms with Gasteiger partial charge in [-0.2, -0.15) is 20.2 Å². The van der Waals surface area contributed by atoms with E-state index in [9.17, 15) is 9.59 Å². The van der Waals surface area contributed by atoms with Crippen LogP contribution in [0.25, 0.3) is 78.1 Å². The maximum atomic E-state index is 13.5. The molecule has 4 atom stereocenters. The molecule has 10 aromatic heterocycles. The van der Waals surface area contributed by atoms with Gasteiger partial charge in [0.15, 0.2) is 46.5 Å². The van der Waals surface area contributed by atoms with Crippen molar-refractivity contribution in [2.45, 2.75) is 116 Å². The second kappa shape index (κ2) is 20.4. The number of fused-ring (bicyclic) bond motifs is 6. The summed E-state index contributed by atoms with van der Waals surface area (Å²) in [7, 11) is 3.21. The summed E-state index contributed by atoms with van der Waals surface area (Å²) in [5, 5.41) is 10.1. The summed E-state index contributed by atoms with van der Waals surface area (Å²) in [6.07, 6.45) is 21.3. The minimum absolute atomic E-state index is 0.00638. The second-order valence-electron chi connectivity index (χ2n) is 20.2. The van der Waals surface area contributed by atoms with E-state index in [-0.39, 0.29) is 46.9 Å². The Balaban J connectivity index is 0.000000131. The monoisotopic (exact) mass is 1100 g/mol. The van der Waals surface area contributed by atoms with Gasteiger partial charge >= 0.3 is 18.5 Å². The zero-order chi connectivity index (χ0) is 53.0. The van der Waals surface area contributed by atoms with E-state index >= 15 is 0 Å². The van der Waals surface area contributed by atoms with Gasteiger partial charge in [0.2, 0.25) is 0 Å². The first-order valence-corrected chi connectivity index (χ1v) is 26.1. The van der Waals surface area contributed by atoms with E-state index in [1.165, 1.54) is 12.8 Å². The molecular formula is C52H56BBrN12O10. The summed E-state index contributed by atoms with van der Waals surface area (Å²) in [6.45, 7) is 13.4. The third kappa shape index (κ3) is 9.60. The average Bonchev–Trinajstić information content (AvgIpc) is 4.30. The third-order valence-corrected chi connectivity index (χ3v) is 15.1. The van der Waals surface area contributed by atoms with Gasteiger partial charge in [0.1, 0.15) is 32.7 Å². The number of hydrogen-bond donors (Lipinski definition) is 0. The molecule has 394 valence electrons. The van der Waals surface area contributed by atoms with Crippen molar-refractivity contribution in [3.05, 3.63) is 100 Å². The van der Waals surface area contributed by atoms with Gasteiger partial charge in [-0.3, -0.25) is 18.5 Å². The predicted molar refractivity (Wildman–Crippen MR) is 284 cm³/mol. The van der Waals surface area contributed by atoms with Crippen LogP contribution >= 0.6 is 15.9 Å². The number of oxazole rings is 2. The molecule has 0 N–H and O–H groups in total. The highest BCUT2D eigenvalue weighted by Crippen LogP contribution is 2.40. The summed E-state index contributed by atoms with van der Waals surface area (Å²) in [4.78, 5) is 52.2. The minimum Gasteiger partial charge on any atom is -0.452 e. The number of rotatable bonds is 8. The van der Waals surface area contributed by atoms with Crippen LogP contribution in [-0.4, -0.2) is 102 Å². The summed E-state index contributed by atoms with van der Waals surface area (Å²) in [6, 6.07) is 3.73. The Morgan fingerprint density at radius 3 is 1.66 bits per heavy atom. The standard InChI is InChI=1S/C23H22N6O4.C20H20BrN5O3.C9H14BNO3/c1-3-15-6-14(4-5-31-15)29-21-16-7-17(19-9-24-12-32-19)25-10-18(16)33-22(21)20(27-23(29)30)13-8-26-28(2)11-13;1-3-13-6-12(4-5-28-13)26-18-14-7-16(21)22-9-15(14)29-19(18)17(24-20(26)27)11-8-23-25(2)10-11;1-8(2)9(3,4)14-10(13-8)7-5-11-6-12-7/h7-12,14-15H,3-6H2,1-2H3;7-10,12-13H,3-6H2,1-2H3;5-6H,1-4H3/t14-,15-;12-,13-;/m00./s1. The van der Waals surface area contributed by atoms with Crippen LogP contribution in [0.5, 0.6) is 0 Å². The second-order valence-corrected chi connectivity index (χ2v) is 21.0. The lowest BCUT2D eigenvalue weighted by Crippen LogP contribution is -2.41. The fourth-order valence-corrected chi connectivity index (χ4v) is 10.4. The molecule has 22 nitrogen and oxygen atoms in total. The highest BCUT2D eigenvalue weighted by Gasteiger charge is 2.53. The number of hydrogen-bond acceptors (Lipinski definition) is 18. The number of halogens is 1. The lowest BCUT2D eigenvalue weighted by atomic mass is 9.87. The maximum Gasteiger partial charge on any atom is 0.534 e. The average molecular weight is 1100 g/mol. The van der Waals surface area contributed by atoms with Crippen molar-refractivity contribution >= 4 is 72.8 Å². The van der Waals surface area contributed by atoms with Crippen molar-refractivity contribution in [3.8, 4) is 34.0 Å². The molecular weight excluding hydrogens is 1040 g/mol. The number of ether oxygens (including phenoxy) is 2. The van der Waals surface area contributed by atoms with Crippen LogP contribution in [0.4, 0.5) is 0 Å². The van der Waals surface area contributed by atoms with E-state index in [2.05, 4.69) is 69.9 Å². The van der Waals surface area contributed by atoms with Crippen molar-refractivity contribution in [2.75, 3.05) is 13.2 Å². The fraction of sp³-hybridized carbons (Fsp3) is 0.423. The molecule has 0 saturated carbocycles. The molecule has 24 heteroatoms. The Kier molecular flexibility index (Phi) is 13.7. The zero-order valence-electron chi connectivity index (χ0n) is 43.3. The first-order chi connectivity index (χ1) is 36.6. The smallest absolute Gasteiger partial charge is 0.452 e. The van der Waals surface area contributed by atoms with Crippen molar-refractivity contribution in [1.29, 1.82) is 0 Å². The third-order valence-electron chi connectivity index (χ3n) is 14.7. The summed E-state index contributed by atoms with van der Waals surface area (Å²) < 4.78 is 53.8. The molecule has 13 rings (SSSR count). The maximum absolute atomic E-state index is 13.5. The fourth-order valence-electron chi connectivity index (χ4n) is 10.0. The molecule has 0 spiro atoms. The van der Waals surface area contributed by atoms with Crippen LogP contribution in [0.15, 0.2) is 106 Å². The molecule has 10 aromatic rings. The van der Waals surface area contributed by atoms with Gasteiger partial charge < -0.3 is 36.5 Å². The summed E-state index contributed by atoms with van der Waals surface area (Å²) in [5.41, 5.74) is 6.15. The number of nitrogens with zero attached hydrogens (tertiary/aromatic N) is 12. The van der Waals surface area contributed by atoms with Crippen molar-refractivity contribution in [1.82, 2.24) is 58.6 Å². The van der Waals surface area contributed by atoms with Gasteiger partial charge in [0, 0.05) is 73.7 Å². The van der Waals surface area contributed by atoms with E-state index in [1.807, 2.05) is 66.3 Å². The van der Waals surface area contributed by atoms with Gasteiger partial charge in [-0.25, -0.2) is 29.5 Å². The summed E-state index contributed by atoms with van der Waals surface area (Å²) >= 11 is 3.44. The van der Waals surface area contributed by atoms with Crippen LogP contribution in [-0.2, 0) is 32.9 Å². The quantitative estimate of drug-likeness (QED) is 0.102. The molecule has 3 fully saturated rings. The normalized spacial score (nSPS) is 20.3. The number of aryl methyl sites for hydroxylation is 2. The first kappa shape index (κ1) is 51.0. The molecule has 3 aliphatic rings. The molecule has 3 saturated heterocycles. The van der Waals surface area contributed by atoms with Crippen LogP contribution in [0, 0.1) is 0 Å². The number of furan rings is 2. The molecule has 0 unspecified atom stereocenters. The molecule has 0 amide bonds. The molecule has 13 heterocycles. The number of aromatic nitrogens is 12. The van der Waals surface area contributed by atoms with Crippen molar-refractivity contribution in [3.63, 3.8) is 0 Å². The lowest BCUT2D eigenvalue weighted by molar-refractivity contribution is -0.00725. The van der Waals surface area contributed by atoms with Crippen LogP contribution in [0.2, 0.25) is 0 Å². The van der Waals surface area contributed by atoms with Gasteiger partial charge in [-0.05, 0) is 94.3 Å². The molecule has 0 bridgehead atoms. The Bertz CT molecular complexity index is 3810. The van der Waals surface area contributed by atoms with Crippen LogP contribution in [0.3, 0.4) is 0 Å². The van der Waals surface area contributed by atoms with Gasteiger partial charge in [0.25, 0.3) is 0 Å². The first-order valence-electron chi connectivity index (χ1n) is 25.3. The SMILES string of the molecule is CC1(C)OB(c2cnco2)OC1(C)C.CC[C@H]1C[C@@H](n2c(=O)nc(-c3cnn(C)c3)c3oc4cnc(-c5cnco5)cc4c32)CCO1.CC[C@H]1C[C@@H](n2c(=O)nc(-c3cnn(C)c3)c3oc4cnc(Br)cc4c32)CCO1. The molecule has 0 aromatic carbocycles. The lowest BCUT2D eigenvalue weighted by Gasteiger charge is -2.32. The number of pyridine rings is 2. The summed E-state index contributed by atoms with van der Waals surface area (Å²) in [5.74, 6) is 0.541. The van der Waals surface area contributed by atoms with Gasteiger partial charge in [0.05, 0.1) is 60.6 Å². The van der Waals surface area contributed by atoms with Crippen LogP contribution < -0.4 is 17.0 Å². The topological polar surface area (TPSA) is 246 Å². The van der Waals surface area contributed by atoms with Crippen molar-refractivity contribution < 1.29 is 36.5 Å².